The molecule has 1 aliphatic rings. The number of hydrogen-bond donors (Lipinski definition) is 1. The number of allylic oxidation sites excluding steroid dienone is 2. The van der Waals surface area contributed by atoms with Crippen molar-refractivity contribution in [3.63, 3.8) is 0 Å². The molecule has 0 saturated carbocycles. The number of carbonyl (C=O) groups is 3. The smallest absolute Gasteiger partial charge is 0.341 e. The second kappa shape index (κ2) is 11.1. The van der Waals surface area contributed by atoms with Crippen molar-refractivity contribution in [3.05, 3.63) is 47.8 Å². The van der Waals surface area contributed by atoms with Crippen LogP contribution in [0.1, 0.15) is 70.3 Å². The molecule has 2 unspecified atom stereocenters. The number of rotatable bonds is 9. The van der Waals surface area contributed by atoms with Crippen molar-refractivity contribution >= 4 is 23.3 Å². The molecular weight excluding hydrogens is 438 g/mol. The van der Waals surface area contributed by atoms with Crippen LogP contribution in [0, 0.1) is 0 Å². The molecule has 1 aliphatic carbocycles. The van der Waals surface area contributed by atoms with E-state index in [0.29, 0.717) is 5.82 Å². The number of ketones is 1. The van der Waals surface area contributed by atoms with E-state index >= 15 is 0 Å². The molecule has 0 saturated heterocycles. The Morgan fingerprint density at radius 1 is 1.15 bits per heavy atom. The number of hydrogen-bond acceptors (Lipinski definition) is 9. The Hall–Kier alpha value is -3.40. The Labute approximate surface area is 198 Å². The van der Waals surface area contributed by atoms with Crippen molar-refractivity contribution in [1.29, 1.82) is 0 Å². The molecule has 34 heavy (non-hydrogen) atoms. The number of nitrogens with zero attached hydrogens (tertiary/aromatic N) is 4. The third-order valence-electron chi connectivity index (χ3n) is 5.13. The molecule has 2 aromatic rings. The van der Waals surface area contributed by atoms with Crippen molar-refractivity contribution in [3.8, 4) is 0 Å². The van der Waals surface area contributed by atoms with E-state index in [1.54, 1.807) is 32.9 Å². The van der Waals surface area contributed by atoms with Gasteiger partial charge >= 0.3 is 11.9 Å². The van der Waals surface area contributed by atoms with E-state index in [0.717, 1.165) is 41.6 Å². The van der Waals surface area contributed by atoms with Crippen molar-refractivity contribution in [2.75, 3.05) is 0 Å². The van der Waals surface area contributed by atoms with E-state index in [1.165, 1.54) is 0 Å². The molecule has 0 fully saturated rings. The van der Waals surface area contributed by atoms with Crippen LogP contribution in [0.15, 0.2) is 36.4 Å². The fraction of sp³-hybridized carbons (Fsp3) is 0.500. The minimum absolute atomic E-state index is 0.0442. The molecule has 0 aliphatic heterocycles. The Bertz CT molecular complexity index is 1040. The van der Waals surface area contributed by atoms with E-state index in [-0.39, 0.29) is 6.61 Å². The van der Waals surface area contributed by atoms with Crippen LogP contribution in [0.5, 0.6) is 0 Å². The zero-order valence-corrected chi connectivity index (χ0v) is 19.8. The van der Waals surface area contributed by atoms with Crippen LogP contribution in [0.4, 0.5) is 0 Å². The summed E-state index contributed by atoms with van der Waals surface area (Å²) in [6.07, 6.45) is 5.43. The van der Waals surface area contributed by atoms with Gasteiger partial charge in [0.25, 0.3) is 0 Å². The SMILES string of the molecule is CC(C)(C)OC(=O)CC(N)C(=O)C(C(=O)OCc1ccccc1)n1nnc(C2=CCCCC2)n1. The maximum atomic E-state index is 13.2. The minimum Gasteiger partial charge on any atom is -0.460 e. The highest BCUT2D eigenvalue weighted by Crippen LogP contribution is 2.24. The largest absolute Gasteiger partial charge is 0.460 e. The van der Waals surface area contributed by atoms with Crippen LogP contribution >= 0.6 is 0 Å². The van der Waals surface area contributed by atoms with E-state index in [4.69, 9.17) is 15.2 Å². The first-order valence-corrected chi connectivity index (χ1v) is 11.3. The van der Waals surface area contributed by atoms with Gasteiger partial charge in [-0.3, -0.25) is 9.59 Å². The first kappa shape index (κ1) is 25.2. The van der Waals surface area contributed by atoms with Crippen molar-refractivity contribution in [2.24, 2.45) is 5.73 Å². The van der Waals surface area contributed by atoms with Gasteiger partial charge in [-0.1, -0.05) is 36.4 Å². The van der Waals surface area contributed by atoms with Gasteiger partial charge in [0.05, 0.1) is 12.5 Å². The van der Waals surface area contributed by atoms with Gasteiger partial charge in [0, 0.05) is 0 Å². The summed E-state index contributed by atoms with van der Waals surface area (Å²) >= 11 is 0. The lowest BCUT2D eigenvalue weighted by Gasteiger charge is -2.22. The molecule has 3 rings (SSSR count). The summed E-state index contributed by atoms with van der Waals surface area (Å²) in [6.45, 7) is 5.09. The number of tetrazole rings is 1. The molecule has 0 amide bonds. The molecule has 1 heterocycles. The highest BCUT2D eigenvalue weighted by molar-refractivity contribution is 6.04. The summed E-state index contributed by atoms with van der Waals surface area (Å²) in [7, 11) is 0. The van der Waals surface area contributed by atoms with Gasteiger partial charge in [0.2, 0.25) is 11.9 Å². The summed E-state index contributed by atoms with van der Waals surface area (Å²) < 4.78 is 10.6. The second-order valence-corrected chi connectivity index (χ2v) is 9.20. The summed E-state index contributed by atoms with van der Waals surface area (Å²) in [6, 6.07) is 6.16. The zero-order valence-electron chi connectivity index (χ0n) is 19.8. The molecule has 2 N–H and O–H groups in total. The van der Waals surface area contributed by atoms with Crippen molar-refractivity contribution in [2.45, 2.75) is 77.2 Å². The molecular formula is C24H31N5O5. The predicted octanol–water partition coefficient (Wildman–Crippen LogP) is 2.54. The van der Waals surface area contributed by atoms with E-state index in [2.05, 4.69) is 15.4 Å². The first-order valence-electron chi connectivity index (χ1n) is 11.3. The number of Topliss-reactive ketones (excluding diaryl/α,β-unsaturated/α-hetero) is 1. The van der Waals surface area contributed by atoms with Crippen LogP contribution in [-0.4, -0.2) is 49.6 Å². The molecule has 1 aromatic heterocycles. The highest BCUT2D eigenvalue weighted by atomic mass is 16.6. The number of esters is 2. The second-order valence-electron chi connectivity index (χ2n) is 9.20. The Morgan fingerprint density at radius 2 is 1.88 bits per heavy atom. The third kappa shape index (κ3) is 7.05. The number of aromatic nitrogens is 4. The number of nitrogens with two attached hydrogens (primary N) is 1. The average Bonchev–Trinajstić information content (AvgIpc) is 3.27. The summed E-state index contributed by atoms with van der Waals surface area (Å²) in [5, 5.41) is 12.3. The topological polar surface area (TPSA) is 139 Å². The lowest BCUT2D eigenvalue weighted by Crippen LogP contribution is -2.43. The normalized spacial score (nSPS) is 15.7. The molecule has 182 valence electrons. The Balaban J connectivity index is 1.80. The van der Waals surface area contributed by atoms with Gasteiger partial charge in [0.1, 0.15) is 12.2 Å². The van der Waals surface area contributed by atoms with Crippen LogP contribution < -0.4 is 5.73 Å². The predicted molar refractivity (Wildman–Crippen MR) is 123 cm³/mol. The highest BCUT2D eigenvalue weighted by Gasteiger charge is 2.37. The summed E-state index contributed by atoms with van der Waals surface area (Å²) in [5.74, 6) is -1.93. The molecule has 0 spiro atoms. The fourth-order valence-electron chi connectivity index (χ4n) is 3.50. The molecule has 0 bridgehead atoms. The monoisotopic (exact) mass is 469 g/mol. The number of ether oxygens (including phenoxy) is 2. The Kier molecular flexibility index (Phi) is 8.27. The van der Waals surface area contributed by atoms with Gasteiger partial charge in [0.15, 0.2) is 5.78 Å². The average molecular weight is 470 g/mol. The maximum absolute atomic E-state index is 13.2. The quantitative estimate of drug-likeness (QED) is 0.433. The van der Waals surface area contributed by atoms with Crippen LogP contribution in [0.25, 0.3) is 5.57 Å². The molecule has 2 atom stereocenters. The van der Waals surface area contributed by atoms with E-state index in [9.17, 15) is 14.4 Å². The van der Waals surface area contributed by atoms with E-state index < -0.39 is 41.8 Å². The lowest BCUT2D eigenvalue weighted by atomic mass is 9.99. The van der Waals surface area contributed by atoms with Gasteiger partial charge in [-0.25, -0.2) is 4.79 Å². The summed E-state index contributed by atoms with van der Waals surface area (Å²) in [4.78, 5) is 39.3. The number of benzene rings is 1. The number of carbonyl (C=O) groups excluding carboxylic acids is 3. The summed E-state index contributed by atoms with van der Waals surface area (Å²) in [5.41, 5.74) is 6.94. The van der Waals surface area contributed by atoms with Crippen molar-refractivity contribution in [1.82, 2.24) is 20.2 Å². The third-order valence-corrected chi connectivity index (χ3v) is 5.13. The van der Waals surface area contributed by atoms with Crippen LogP contribution in [0.2, 0.25) is 0 Å². The van der Waals surface area contributed by atoms with Gasteiger partial charge in [-0.15, -0.1) is 15.0 Å². The maximum Gasteiger partial charge on any atom is 0.341 e. The minimum atomic E-state index is -1.58. The van der Waals surface area contributed by atoms with Gasteiger partial charge < -0.3 is 15.2 Å². The molecule has 0 radical (unpaired) electrons. The fourth-order valence-corrected chi connectivity index (χ4v) is 3.50. The van der Waals surface area contributed by atoms with E-state index in [1.807, 2.05) is 24.3 Å². The van der Waals surface area contributed by atoms with Gasteiger partial charge in [-0.05, 0) is 62.8 Å². The van der Waals surface area contributed by atoms with Crippen LogP contribution in [-0.2, 0) is 30.5 Å². The lowest BCUT2D eigenvalue weighted by molar-refractivity contribution is -0.158. The van der Waals surface area contributed by atoms with Crippen LogP contribution in [0.3, 0.4) is 0 Å². The zero-order chi connectivity index (χ0) is 24.7. The molecule has 10 nitrogen and oxygen atoms in total. The Morgan fingerprint density at radius 3 is 2.53 bits per heavy atom. The molecule has 10 heteroatoms. The van der Waals surface area contributed by atoms with Gasteiger partial charge in [-0.2, -0.15) is 0 Å². The standard InChI is InChI=1S/C24H31N5O5/c1-24(2,3)34-19(30)14-18(25)21(31)20(23(32)33-15-16-10-6-4-7-11-16)29-27-22(26-28-29)17-12-8-5-9-13-17/h4,6-7,10-12,18,20H,5,8-9,13-15,25H2,1-3H3. The first-order chi connectivity index (χ1) is 16.1. The van der Waals surface area contributed by atoms with Crippen molar-refractivity contribution < 1.29 is 23.9 Å². The molecule has 1 aromatic carbocycles.